The maximum absolute atomic E-state index is 12.8. The first-order valence-corrected chi connectivity index (χ1v) is 11.9. The highest BCUT2D eigenvalue weighted by Crippen LogP contribution is 2.37. The standard InChI is InChI=1S/C22H23N3O2S2/c1-13-7-8-18-16(9-13)11-19(29-18)21-23-24-22(27-21)28-12-20(26)25-14(2)10-15-5-3-4-6-17(15)25/h3-6,11,13-14H,7-10,12H2,1-2H3/t13-,14-/m0/s1. The minimum atomic E-state index is 0.0766. The molecule has 150 valence electrons. The van der Waals surface area contributed by atoms with Crippen molar-refractivity contribution in [2.45, 2.75) is 50.8 Å². The number of rotatable bonds is 4. The zero-order valence-corrected chi connectivity index (χ0v) is 18.2. The van der Waals surface area contributed by atoms with Gasteiger partial charge >= 0.3 is 0 Å². The second-order valence-electron chi connectivity index (χ2n) is 8.01. The number of carbonyl (C=O) groups excluding carboxylic acids is 1. The first-order valence-electron chi connectivity index (χ1n) is 10.1. The van der Waals surface area contributed by atoms with Gasteiger partial charge in [0.15, 0.2) is 0 Å². The van der Waals surface area contributed by atoms with E-state index in [1.807, 2.05) is 23.1 Å². The van der Waals surface area contributed by atoms with Gasteiger partial charge < -0.3 is 9.32 Å². The van der Waals surface area contributed by atoms with Gasteiger partial charge in [-0.1, -0.05) is 36.9 Å². The summed E-state index contributed by atoms with van der Waals surface area (Å²) in [6, 6.07) is 10.5. The Morgan fingerprint density at radius 2 is 2.10 bits per heavy atom. The molecule has 1 aliphatic carbocycles. The third-order valence-electron chi connectivity index (χ3n) is 5.74. The number of amides is 1. The number of benzene rings is 1. The zero-order valence-electron chi connectivity index (χ0n) is 16.6. The fourth-order valence-corrected chi connectivity index (χ4v) is 6.07. The van der Waals surface area contributed by atoms with Crippen molar-refractivity contribution in [2.75, 3.05) is 10.7 Å². The van der Waals surface area contributed by atoms with E-state index in [1.165, 1.54) is 34.2 Å². The fourth-order valence-electron chi connectivity index (χ4n) is 4.32. The number of anilines is 1. The van der Waals surface area contributed by atoms with Crippen LogP contribution in [0.1, 0.15) is 36.3 Å². The first-order chi connectivity index (χ1) is 14.1. The number of aromatic nitrogens is 2. The molecule has 3 aromatic rings. The lowest BCUT2D eigenvalue weighted by Crippen LogP contribution is -2.36. The SMILES string of the molecule is C[C@H]1CCc2sc(-c3nnc(SCC(=O)N4c5ccccc5C[C@@H]4C)o3)cc2C1. The summed E-state index contributed by atoms with van der Waals surface area (Å²) in [5.74, 6) is 1.67. The predicted molar refractivity (Wildman–Crippen MR) is 117 cm³/mol. The maximum Gasteiger partial charge on any atom is 0.277 e. The Balaban J connectivity index is 1.26. The van der Waals surface area contributed by atoms with E-state index >= 15 is 0 Å². The summed E-state index contributed by atoms with van der Waals surface area (Å²) < 4.78 is 5.86. The smallest absolute Gasteiger partial charge is 0.277 e. The van der Waals surface area contributed by atoms with Crippen LogP contribution in [0.4, 0.5) is 5.69 Å². The Morgan fingerprint density at radius 3 is 3.00 bits per heavy atom. The largest absolute Gasteiger partial charge is 0.410 e. The Morgan fingerprint density at radius 1 is 1.24 bits per heavy atom. The summed E-state index contributed by atoms with van der Waals surface area (Å²) in [7, 11) is 0. The lowest BCUT2D eigenvalue weighted by molar-refractivity contribution is -0.116. The number of hydrogen-bond acceptors (Lipinski definition) is 6. The van der Waals surface area contributed by atoms with Crippen molar-refractivity contribution in [1.82, 2.24) is 10.2 Å². The molecule has 2 atom stereocenters. The van der Waals surface area contributed by atoms with E-state index in [4.69, 9.17) is 4.42 Å². The molecule has 0 saturated heterocycles. The summed E-state index contributed by atoms with van der Waals surface area (Å²) in [6.07, 6.45) is 4.42. The van der Waals surface area contributed by atoms with E-state index in [-0.39, 0.29) is 11.9 Å². The number of fused-ring (bicyclic) bond motifs is 2. The van der Waals surface area contributed by atoms with Crippen LogP contribution in [0.5, 0.6) is 0 Å². The second-order valence-corrected chi connectivity index (χ2v) is 10.1. The van der Waals surface area contributed by atoms with Crippen LogP contribution in [0.15, 0.2) is 40.0 Å². The number of carbonyl (C=O) groups is 1. The molecule has 29 heavy (non-hydrogen) atoms. The number of aryl methyl sites for hydroxylation is 1. The molecule has 2 aliphatic rings. The summed E-state index contributed by atoms with van der Waals surface area (Å²) >= 11 is 3.08. The van der Waals surface area contributed by atoms with Crippen LogP contribution in [0.2, 0.25) is 0 Å². The molecule has 1 amide bonds. The van der Waals surface area contributed by atoms with Gasteiger partial charge in [-0.2, -0.15) is 0 Å². The third kappa shape index (κ3) is 3.62. The van der Waals surface area contributed by atoms with Crippen molar-refractivity contribution in [3.8, 4) is 10.8 Å². The highest BCUT2D eigenvalue weighted by atomic mass is 32.2. The van der Waals surface area contributed by atoms with Gasteiger partial charge in [0.25, 0.3) is 11.1 Å². The highest BCUT2D eigenvalue weighted by Gasteiger charge is 2.30. The molecule has 3 heterocycles. The van der Waals surface area contributed by atoms with Gasteiger partial charge in [-0.3, -0.25) is 4.79 Å². The Kier molecular flexibility index (Phi) is 4.95. The molecule has 0 saturated carbocycles. The van der Waals surface area contributed by atoms with E-state index in [9.17, 15) is 4.79 Å². The Labute approximate surface area is 178 Å². The summed E-state index contributed by atoms with van der Waals surface area (Å²) in [5, 5.41) is 8.83. The van der Waals surface area contributed by atoms with Crippen molar-refractivity contribution < 1.29 is 9.21 Å². The normalized spacial score (nSPS) is 20.6. The number of nitrogens with zero attached hydrogens (tertiary/aromatic N) is 3. The molecular weight excluding hydrogens is 402 g/mol. The van der Waals surface area contributed by atoms with Crippen molar-refractivity contribution in [3.05, 3.63) is 46.3 Å². The van der Waals surface area contributed by atoms with Gasteiger partial charge in [0.2, 0.25) is 5.91 Å². The average molecular weight is 426 g/mol. The van der Waals surface area contributed by atoms with Crippen LogP contribution >= 0.6 is 23.1 Å². The van der Waals surface area contributed by atoms with Crippen LogP contribution in [0.3, 0.4) is 0 Å². The Hall–Kier alpha value is -2.12. The molecule has 0 N–H and O–H groups in total. The molecular formula is C22H23N3O2S2. The molecule has 0 bridgehead atoms. The first kappa shape index (κ1) is 18.9. The van der Waals surface area contributed by atoms with E-state index in [1.54, 1.807) is 11.3 Å². The van der Waals surface area contributed by atoms with Gasteiger partial charge in [-0.05, 0) is 61.8 Å². The van der Waals surface area contributed by atoms with Gasteiger partial charge in [0, 0.05) is 16.6 Å². The lowest BCUT2D eigenvalue weighted by Gasteiger charge is -2.22. The van der Waals surface area contributed by atoms with Gasteiger partial charge in [-0.15, -0.1) is 21.5 Å². The minimum absolute atomic E-state index is 0.0766. The lowest BCUT2D eigenvalue weighted by atomic mass is 9.90. The van der Waals surface area contributed by atoms with Crippen LogP contribution in [-0.4, -0.2) is 27.9 Å². The summed E-state index contributed by atoms with van der Waals surface area (Å²) in [5.41, 5.74) is 3.68. The van der Waals surface area contributed by atoms with Crippen LogP contribution < -0.4 is 4.90 Å². The van der Waals surface area contributed by atoms with Gasteiger partial charge in [0.1, 0.15) is 0 Å². The van der Waals surface area contributed by atoms with Crippen molar-refractivity contribution in [1.29, 1.82) is 0 Å². The summed E-state index contributed by atoms with van der Waals surface area (Å²) in [4.78, 5) is 17.2. The fraction of sp³-hybridized carbons (Fsp3) is 0.409. The average Bonchev–Trinajstić information content (AvgIpc) is 3.41. The summed E-state index contributed by atoms with van der Waals surface area (Å²) in [6.45, 7) is 4.39. The molecule has 0 unspecified atom stereocenters. The predicted octanol–water partition coefficient (Wildman–Crippen LogP) is 4.99. The molecule has 1 aromatic carbocycles. The van der Waals surface area contributed by atoms with Crippen LogP contribution in [-0.2, 0) is 24.1 Å². The van der Waals surface area contributed by atoms with E-state index in [2.05, 4.69) is 36.2 Å². The van der Waals surface area contributed by atoms with Crippen LogP contribution in [0, 0.1) is 5.92 Å². The molecule has 2 aromatic heterocycles. The van der Waals surface area contributed by atoms with Crippen molar-refractivity contribution in [2.24, 2.45) is 5.92 Å². The molecule has 0 spiro atoms. The third-order valence-corrected chi connectivity index (χ3v) is 7.77. The molecule has 5 nitrogen and oxygen atoms in total. The molecule has 1 aliphatic heterocycles. The molecule has 0 fully saturated rings. The van der Waals surface area contributed by atoms with E-state index in [0.29, 0.717) is 16.9 Å². The Bertz CT molecular complexity index is 1060. The van der Waals surface area contributed by atoms with Gasteiger partial charge in [-0.25, -0.2) is 0 Å². The second kappa shape index (κ2) is 7.61. The highest BCUT2D eigenvalue weighted by molar-refractivity contribution is 7.99. The minimum Gasteiger partial charge on any atom is -0.410 e. The quantitative estimate of drug-likeness (QED) is 0.551. The monoisotopic (exact) mass is 425 g/mol. The van der Waals surface area contributed by atoms with Gasteiger partial charge in [0.05, 0.1) is 10.6 Å². The van der Waals surface area contributed by atoms with Crippen LogP contribution in [0.25, 0.3) is 10.8 Å². The number of thiophene rings is 1. The number of para-hydroxylation sites is 1. The van der Waals surface area contributed by atoms with E-state index in [0.717, 1.165) is 35.7 Å². The molecule has 5 rings (SSSR count). The topological polar surface area (TPSA) is 59.2 Å². The maximum atomic E-state index is 12.8. The molecule has 7 heteroatoms. The number of hydrogen-bond donors (Lipinski definition) is 0. The number of thioether (sulfide) groups is 1. The van der Waals surface area contributed by atoms with Crippen molar-refractivity contribution >= 4 is 34.7 Å². The zero-order chi connectivity index (χ0) is 20.0. The molecule has 0 radical (unpaired) electrons. The van der Waals surface area contributed by atoms with E-state index < -0.39 is 0 Å². The van der Waals surface area contributed by atoms with Crippen molar-refractivity contribution in [3.63, 3.8) is 0 Å².